The lowest BCUT2D eigenvalue weighted by molar-refractivity contribution is -0.676. The highest BCUT2D eigenvalue weighted by molar-refractivity contribution is 6.30. The van der Waals surface area contributed by atoms with Crippen molar-refractivity contribution in [1.82, 2.24) is 5.43 Å². The molecule has 0 unspecified atom stereocenters. The minimum Gasteiger partial charge on any atom is -0.493 e. The predicted octanol–water partition coefficient (Wildman–Crippen LogP) is 2.26. The number of nitrogens with two attached hydrogens (primary N) is 2. The van der Waals surface area contributed by atoms with E-state index >= 15 is 0 Å². The summed E-state index contributed by atoms with van der Waals surface area (Å²) in [5.74, 6) is 5.64. The molecule has 3 aromatic rings. The van der Waals surface area contributed by atoms with Crippen LogP contribution in [-0.4, -0.2) is 39.7 Å². The standard InChI is InChI=1S/C25H27ClN4O5/c1-33-20-11-16(12-21(34-2)24(20)35-3)25(32)29-19-10-9-17(26)13-18(19)23(28-14-22(31)30-27)15-7-5-4-6-8-15/h4-13,23,28H,14,27H2,1-3H3,(H,29,32)(H,30,31)/p+1/t23-/m0/s1. The van der Waals surface area contributed by atoms with Gasteiger partial charge in [0.25, 0.3) is 11.8 Å². The minimum absolute atomic E-state index is 0.0723. The van der Waals surface area contributed by atoms with Crippen molar-refractivity contribution >= 4 is 29.1 Å². The summed E-state index contributed by atoms with van der Waals surface area (Å²) in [7, 11) is 4.45. The molecule has 184 valence electrons. The summed E-state index contributed by atoms with van der Waals surface area (Å²) >= 11 is 6.33. The van der Waals surface area contributed by atoms with Crippen LogP contribution < -0.4 is 36.1 Å². The molecule has 0 fully saturated rings. The van der Waals surface area contributed by atoms with E-state index in [0.717, 1.165) is 5.56 Å². The minimum atomic E-state index is -0.390. The van der Waals surface area contributed by atoms with Crippen LogP contribution in [0.5, 0.6) is 17.2 Å². The van der Waals surface area contributed by atoms with Crippen molar-refractivity contribution in [3.8, 4) is 17.2 Å². The molecule has 10 heteroatoms. The number of ether oxygens (including phenoxy) is 3. The molecule has 35 heavy (non-hydrogen) atoms. The second kappa shape index (κ2) is 12.1. The molecular formula is C25H28ClN4O5+. The second-order valence-corrected chi connectivity index (χ2v) is 7.93. The predicted molar refractivity (Wildman–Crippen MR) is 133 cm³/mol. The van der Waals surface area contributed by atoms with Crippen LogP contribution in [-0.2, 0) is 4.79 Å². The van der Waals surface area contributed by atoms with Crippen molar-refractivity contribution in [3.63, 3.8) is 0 Å². The van der Waals surface area contributed by atoms with E-state index in [1.165, 1.54) is 21.3 Å². The van der Waals surface area contributed by atoms with Crippen molar-refractivity contribution in [2.45, 2.75) is 6.04 Å². The Balaban J connectivity index is 2.01. The van der Waals surface area contributed by atoms with Crippen molar-refractivity contribution in [2.75, 3.05) is 33.2 Å². The smallest absolute Gasteiger partial charge is 0.288 e. The molecule has 0 saturated carbocycles. The molecule has 2 amide bonds. The maximum Gasteiger partial charge on any atom is 0.288 e. The Hall–Kier alpha value is -3.79. The van der Waals surface area contributed by atoms with Gasteiger partial charge in [-0.05, 0) is 30.3 Å². The van der Waals surface area contributed by atoms with Crippen LogP contribution in [0.15, 0.2) is 60.7 Å². The van der Waals surface area contributed by atoms with Gasteiger partial charge in [-0.2, -0.15) is 0 Å². The van der Waals surface area contributed by atoms with Crippen LogP contribution in [0.3, 0.4) is 0 Å². The van der Waals surface area contributed by atoms with Gasteiger partial charge in [-0.15, -0.1) is 0 Å². The van der Waals surface area contributed by atoms with E-state index in [-0.39, 0.29) is 24.4 Å². The number of carbonyl (C=O) groups is 2. The molecule has 0 bridgehead atoms. The molecule has 0 aromatic heterocycles. The van der Waals surface area contributed by atoms with Gasteiger partial charge in [-0.25, -0.2) is 5.84 Å². The summed E-state index contributed by atoms with van der Waals surface area (Å²) in [4.78, 5) is 25.1. The Labute approximate surface area is 208 Å². The number of methoxy groups -OCH3 is 3. The molecule has 0 spiro atoms. The first-order chi connectivity index (χ1) is 16.9. The van der Waals surface area contributed by atoms with Gasteiger partial charge in [0.2, 0.25) is 5.75 Å². The Morgan fingerprint density at radius 1 is 0.971 bits per heavy atom. The second-order valence-electron chi connectivity index (χ2n) is 7.50. The summed E-state index contributed by atoms with van der Waals surface area (Å²) in [6, 6.07) is 17.5. The lowest BCUT2D eigenvalue weighted by atomic mass is 9.96. The van der Waals surface area contributed by atoms with Gasteiger partial charge >= 0.3 is 0 Å². The quantitative estimate of drug-likeness (QED) is 0.192. The SMILES string of the molecule is COc1cc(C(=O)Nc2ccc(Cl)cc2[C@@H]([NH2+]CC(=O)NN)c2ccccc2)cc(OC)c1OC. The Bertz CT molecular complexity index is 1160. The third-order valence-corrected chi connectivity index (χ3v) is 5.62. The highest BCUT2D eigenvalue weighted by Crippen LogP contribution is 2.38. The van der Waals surface area contributed by atoms with Crippen LogP contribution in [0.1, 0.15) is 27.5 Å². The molecule has 0 aliphatic heterocycles. The zero-order chi connectivity index (χ0) is 25.4. The van der Waals surface area contributed by atoms with Crippen LogP contribution >= 0.6 is 11.6 Å². The normalized spacial score (nSPS) is 11.3. The van der Waals surface area contributed by atoms with E-state index in [0.29, 0.717) is 39.1 Å². The van der Waals surface area contributed by atoms with Crippen molar-refractivity contribution in [3.05, 3.63) is 82.4 Å². The third-order valence-electron chi connectivity index (χ3n) is 5.38. The highest BCUT2D eigenvalue weighted by atomic mass is 35.5. The largest absolute Gasteiger partial charge is 0.493 e. The van der Waals surface area contributed by atoms with E-state index in [9.17, 15) is 9.59 Å². The first-order valence-corrected chi connectivity index (χ1v) is 11.1. The Morgan fingerprint density at radius 3 is 2.20 bits per heavy atom. The van der Waals surface area contributed by atoms with Crippen LogP contribution in [0.4, 0.5) is 5.69 Å². The van der Waals surface area contributed by atoms with E-state index in [1.807, 2.05) is 35.6 Å². The molecular weight excluding hydrogens is 472 g/mol. The number of rotatable bonds is 10. The third kappa shape index (κ3) is 6.21. The number of nitrogens with one attached hydrogen (secondary N) is 2. The maximum absolute atomic E-state index is 13.3. The zero-order valence-electron chi connectivity index (χ0n) is 19.6. The van der Waals surface area contributed by atoms with E-state index < -0.39 is 0 Å². The van der Waals surface area contributed by atoms with Crippen molar-refractivity contribution in [1.29, 1.82) is 0 Å². The molecule has 0 radical (unpaired) electrons. The summed E-state index contributed by atoms with van der Waals surface area (Å²) in [5, 5.41) is 5.26. The fraction of sp³-hybridized carbons (Fsp3) is 0.200. The number of carbonyl (C=O) groups excluding carboxylic acids is 2. The lowest BCUT2D eigenvalue weighted by Crippen LogP contribution is -2.88. The zero-order valence-corrected chi connectivity index (χ0v) is 20.4. The summed E-state index contributed by atoms with van der Waals surface area (Å²) < 4.78 is 16.1. The van der Waals surface area contributed by atoms with Gasteiger partial charge in [0, 0.05) is 21.7 Å². The van der Waals surface area contributed by atoms with Gasteiger partial charge in [-0.1, -0.05) is 41.9 Å². The topological polar surface area (TPSA) is 129 Å². The summed E-state index contributed by atoms with van der Waals surface area (Å²) in [5.41, 5.74) is 4.61. The number of amides is 2. The first-order valence-electron chi connectivity index (χ1n) is 10.7. The van der Waals surface area contributed by atoms with Crippen LogP contribution in [0.2, 0.25) is 5.02 Å². The number of hydrazine groups is 1. The van der Waals surface area contributed by atoms with E-state index in [1.54, 1.807) is 30.3 Å². The number of hydrogen-bond donors (Lipinski definition) is 4. The fourth-order valence-electron chi connectivity index (χ4n) is 3.70. The fourth-order valence-corrected chi connectivity index (χ4v) is 3.88. The van der Waals surface area contributed by atoms with Gasteiger partial charge < -0.3 is 24.8 Å². The highest BCUT2D eigenvalue weighted by Gasteiger charge is 2.24. The molecule has 9 nitrogen and oxygen atoms in total. The van der Waals surface area contributed by atoms with Crippen molar-refractivity contribution in [2.24, 2.45) is 5.84 Å². The maximum atomic E-state index is 13.3. The molecule has 0 saturated heterocycles. The van der Waals surface area contributed by atoms with Gasteiger partial charge in [-0.3, -0.25) is 15.0 Å². The lowest BCUT2D eigenvalue weighted by Gasteiger charge is -2.20. The summed E-state index contributed by atoms with van der Waals surface area (Å²) in [6.07, 6.45) is 0. The van der Waals surface area contributed by atoms with Crippen molar-refractivity contribution < 1.29 is 29.1 Å². The van der Waals surface area contributed by atoms with Gasteiger partial charge in [0.1, 0.15) is 6.04 Å². The number of hydrogen-bond acceptors (Lipinski definition) is 6. The monoisotopic (exact) mass is 499 g/mol. The first kappa shape index (κ1) is 25.8. The molecule has 0 heterocycles. The number of quaternary nitrogens is 1. The molecule has 0 aliphatic rings. The molecule has 1 atom stereocenters. The Morgan fingerprint density at radius 2 is 1.63 bits per heavy atom. The average Bonchev–Trinajstić information content (AvgIpc) is 2.89. The molecule has 0 aliphatic carbocycles. The molecule has 6 N–H and O–H groups in total. The Kier molecular flexibility index (Phi) is 8.91. The number of halogens is 1. The number of anilines is 1. The van der Waals surface area contributed by atoms with E-state index in [4.69, 9.17) is 31.7 Å². The van der Waals surface area contributed by atoms with Crippen LogP contribution in [0, 0.1) is 0 Å². The summed E-state index contributed by atoms with van der Waals surface area (Å²) in [6.45, 7) is 0.0723. The van der Waals surface area contributed by atoms with Gasteiger partial charge in [0.05, 0.1) is 27.0 Å². The number of benzene rings is 3. The van der Waals surface area contributed by atoms with Crippen LogP contribution in [0.25, 0.3) is 0 Å². The molecule has 3 aromatic carbocycles. The van der Waals surface area contributed by atoms with E-state index in [2.05, 4.69) is 10.7 Å². The van der Waals surface area contributed by atoms with Gasteiger partial charge in [0.15, 0.2) is 18.0 Å². The average molecular weight is 500 g/mol. The molecule has 3 rings (SSSR count).